The van der Waals surface area contributed by atoms with Crippen LogP contribution in [0.5, 0.6) is 5.75 Å². The van der Waals surface area contributed by atoms with Gasteiger partial charge in [-0.3, -0.25) is 4.79 Å². The normalized spacial score (nSPS) is 16.0. The van der Waals surface area contributed by atoms with E-state index in [0.717, 1.165) is 16.9 Å². The van der Waals surface area contributed by atoms with Gasteiger partial charge < -0.3 is 10.1 Å². The van der Waals surface area contributed by atoms with Gasteiger partial charge in [-0.1, -0.05) is 42.5 Å². The van der Waals surface area contributed by atoms with Crippen molar-refractivity contribution in [3.05, 3.63) is 65.2 Å². The number of hydrogen-bond donors (Lipinski definition) is 2. The van der Waals surface area contributed by atoms with Crippen molar-refractivity contribution < 1.29 is 17.9 Å². The Morgan fingerprint density at radius 2 is 1.78 bits per heavy atom. The summed E-state index contributed by atoms with van der Waals surface area (Å²) in [4.78, 5) is 12.3. The molecule has 2 N–H and O–H groups in total. The van der Waals surface area contributed by atoms with Gasteiger partial charge in [-0.05, 0) is 36.6 Å². The van der Waals surface area contributed by atoms with Crippen LogP contribution in [0.2, 0.25) is 0 Å². The molecule has 1 aliphatic rings. The molecule has 27 heavy (non-hydrogen) atoms. The summed E-state index contributed by atoms with van der Waals surface area (Å²) in [5.41, 5.74) is 2.64. The van der Waals surface area contributed by atoms with Gasteiger partial charge in [0.15, 0.2) is 6.10 Å². The largest absolute Gasteiger partial charge is 0.480 e. The van der Waals surface area contributed by atoms with Crippen molar-refractivity contribution in [2.75, 3.05) is 0 Å². The van der Waals surface area contributed by atoms with Crippen LogP contribution >= 0.6 is 0 Å². The number of amides is 1. The molecule has 0 fully saturated rings. The summed E-state index contributed by atoms with van der Waals surface area (Å²) >= 11 is 0. The van der Waals surface area contributed by atoms with Crippen LogP contribution in [0.3, 0.4) is 0 Å². The first-order valence-corrected chi connectivity index (χ1v) is 10.6. The third-order valence-corrected chi connectivity index (χ3v) is 5.75. The van der Waals surface area contributed by atoms with Crippen molar-refractivity contribution in [2.45, 2.75) is 44.7 Å². The topological polar surface area (TPSA) is 84.5 Å². The van der Waals surface area contributed by atoms with Crippen molar-refractivity contribution in [1.82, 2.24) is 10.0 Å². The Balaban J connectivity index is 1.51. The van der Waals surface area contributed by atoms with E-state index < -0.39 is 16.1 Å². The van der Waals surface area contributed by atoms with Crippen molar-refractivity contribution in [1.29, 1.82) is 0 Å². The van der Waals surface area contributed by atoms with Crippen LogP contribution in [0, 0.1) is 0 Å². The highest BCUT2D eigenvalue weighted by molar-refractivity contribution is 7.88. The fourth-order valence-electron chi connectivity index (χ4n) is 3.00. The van der Waals surface area contributed by atoms with Gasteiger partial charge >= 0.3 is 0 Å². The van der Waals surface area contributed by atoms with E-state index in [1.807, 2.05) is 36.4 Å². The van der Waals surface area contributed by atoms with Crippen molar-refractivity contribution in [3.8, 4) is 5.75 Å². The molecule has 1 atom stereocenters. The first-order chi connectivity index (χ1) is 12.8. The number of rotatable bonds is 7. The van der Waals surface area contributed by atoms with Crippen LogP contribution in [0.15, 0.2) is 48.5 Å². The summed E-state index contributed by atoms with van der Waals surface area (Å²) in [6, 6.07) is 14.7. The highest BCUT2D eigenvalue weighted by Gasteiger charge is 2.28. The zero-order valence-electron chi connectivity index (χ0n) is 15.4. The Kier molecular flexibility index (Phi) is 5.82. The molecule has 0 radical (unpaired) electrons. The molecule has 144 valence electrons. The molecular formula is C20H24N2O4S. The summed E-state index contributed by atoms with van der Waals surface area (Å²) < 4.78 is 32.2. The second-order valence-electron chi connectivity index (χ2n) is 6.98. The van der Waals surface area contributed by atoms with Crippen LogP contribution in [-0.2, 0) is 33.5 Å². The minimum absolute atomic E-state index is 0.0635. The third-order valence-electron chi connectivity index (χ3n) is 4.20. The average Bonchev–Trinajstić information content (AvgIpc) is 3.03. The third kappa shape index (κ3) is 5.30. The molecular weight excluding hydrogens is 364 g/mol. The number of para-hydroxylation sites is 1. The number of nitrogens with one attached hydrogen (secondary N) is 2. The van der Waals surface area contributed by atoms with Crippen molar-refractivity contribution in [2.24, 2.45) is 0 Å². The van der Waals surface area contributed by atoms with Crippen molar-refractivity contribution in [3.63, 3.8) is 0 Å². The molecule has 0 aromatic heterocycles. The summed E-state index contributed by atoms with van der Waals surface area (Å²) in [6.07, 6.45) is 0.0655. The molecule has 0 spiro atoms. The van der Waals surface area contributed by atoms with E-state index in [1.165, 1.54) is 0 Å². The zero-order chi connectivity index (χ0) is 19.4. The SMILES string of the molecule is CC(C)NS(=O)(=O)Cc1ccc(CNC(=O)[C@@H]2Cc3ccccc3O2)cc1. The van der Waals surface area contributed by atoms with E-state index in [-0.39, 0.29) is 17.7 Å². The van der Waals surface area contributed by atoms with Gasteiger partial charge in [0, 0.05) is 19.0 Å². The second-order valence-corrected chi connectivity index (χ2v) is 8.74. The molecule has 0 saturated heterocycles. The Labute approximate surface area is 160 Å². The van der Waals surface area contributed by atoms with Gasteiger partial charge in [0.1, 0.15) is 5.75 Å². The molecule has 0 bridgehead atoms. The lowest BCUT2D eigenvalue weighted by atomic mass is 10.1. The van der Waals surface area contributed by atoms with E-state index in [9.17, 15) is 13.2 Å². The summed E-state index contributed by atoms with van der Waals surface area (Å²) in [6.45, 7) is 3.94. The van der Waals surface area contributed by atoms with Gasteiger partial charge in [-0.25, -0.2) is 13.1 Å². The van der Waals surface area contributed by atoms with Gasteiger partial charge in [-0.2, -0.15) is 0 Å². The maximum absolute atomic E-state index is 12.3. The fraction of sp³-hybridized carbons (Fsp3) is 0.350. The van der Waals surface area contributed by atoms with E-state index in [4.69, 9.17) is 4.74 Å². The first-order valence-electron chi connectivity index (χ1n) is 8.92. The molecule has 0 saturated carbocycles. The molecule has 2 aromatic rings. The number of fused-ring (bicyclic) bond motifs is 1. The highest BCUT2D eigenvalue weighted by Crippen LogP contribution is 2.28. The molecule has 0 aliphatic carbocycles. The Bertz CT molecular complexity index is 883. The number of hydrogen-bond acceptors (Lipinski definition) is 4. The van der Waals surface area contributed by atoms with Crippen LogP contribution in [0.25, 0.3) is 0 Å². The Morgan fingerprint density at radius 1 is 1.11 bits per heavy atom. The van der Waals surface area contributed by atoms with E-state index in [2.05, 4.69) is 10.0 Å². The highest BCUT2D eigenvalue weighted by atomic mass is 32.2. The maximum atomic E-state index is 12.3. The number of sulfonamides is 1. The average molecular weight is 388 g/mol. The lowest BCUT2D eigenvalue weighted by molar-refractivity contribution is -0.127. The molecule has 2 aromatic carbocycles. The van der Waals surface area contributed by atoms with Gasteiger partial charge in [0.05, 0.1) is 5.75 Å². The van der Waals surface area contributed by atoms with E-state index in [0.29, 0.717) is 18.5 Å². The summed E-state index contributed by atoms with van der Waals surface area (Å²) in [7, 11) is -3.35. The first kappa shape index (κ1) is 19.4. The monoisotopic (exact) mass is 388 g/mol. The molecule has 1 aliphatic heterocycles. The lowest BCUT2D eigenvalue weighted by Gasteiger charge is -2.12. The lowest BCUT2D eigenvalue weighted by Crippen LogP contribution is -2.37. The fourth-order valence-corrected chi connectivity index (χ4v) is 4.44. The number of benzene rings is 2. The minimum atomic E-state index is -3.35. The standard InChI is InChI=1S/C20H24N2O4S/c1-14(2)22-27(24,25)13-16-9-7-15(8-10-16)12-21-20(23)19-11-17-5-3-4-6-18(17)26-19/h3-10,14,19,22H,11-13H2,1-2H3,(H,21,23)/t19-/m0/s1. The summed E-state index contributed by atoms with van der Waals surface area (Å²) in [5.74, 6) is 0.545. The van der Waals surface area contributed by atoms with Gasteiger partial charge in [0.2, 0.25) is 10.0 Å². The van der Waals surface area contributed by atoms with Crippen molar-refractivity contribution >= 4 is 15.9 Å². The van der Waals surface area contributed by atoms with Gasteiger partial charge in [-0.15, -0.1) is 0 Å². The number of carbonyl (C=O) groups is 1. The number of carbonyl (C=O) groups excluding carboxylic acids is 1. The van der Waals surface area contributed by atoms with Gasteiger partial charge in [0.25, 0.3) is 5.91 Å². The number of ether oxygens (including phenoxy) is 1. The maximum Gasteiger partial charge on any atom is 0.261 e. The van der Waals surface area contributed by atoms with Crippen LogP contribution in [-0.4, -0.2) is 26.5 Å². The predicted molar refractivity (Wildman–Crippen MR) is 104 cm³/mol. The van der Waals surface area contributed by atoms with Crippen LogP contribution < -0.4 is 14.8 Å². The molecule has 6 nitrogen and oxygen atoms in total. The van der Waals surface area contributed by atoms with E-state index >= 15 is 0 Å². The Morgan fingerprint density at radius 3 is 2.44 bits per heavy atom. The second kappa shape index (κ2) is 8.10. The van der Waals surface area contributed by atoms with Crippen LogP contribution in [0.1, 0.15) is 30.5 Å². The van der Waals surface area contributed by atoms with Crippen LogP contribution in [0.4, 0.5) is 0 Å². The van der Waals surface area contributed by atoms with E-state index in [1.54, 1.807) is 26.0 Å². The smallest absolute Gasteiger partial charge is 0.261 e. The zero-order valence-corrected chi connectivity index (χ0v) is 16.3. The molecule has 1 heterocycles. The summed E-state index contributed by atoms with van der Waals surface area (Å²) in [5, 5.41) is 2.88. The quantitative estimate of drug-likeness (QED) is 0.761. The molecule has 0 unspecified atom stereocenters. The molecule has 1 amide bonds. The minimum Gasteiger partial charge on any atom is -0.480 e. The molecule has 3 rings (SSSR count). The molecule has 7 heteroatoms. The Hall–Kier alpha value is -2.38. The predicted octanol–water partition coefficient (Wildman–Crippen LogP) is 2.13.